The van der Waals surface area contributed by atoms with E-state index in [0.29, 0.717) is 22.7 Å². The van der Waals surface area contributed by atoms with E-state index < -0.39 is 11.9 Å². The number of rotatable bonds is 7. The summed E-state index contributed by atoms with van der Waals surface area (Å²) in [5.41, 5.74) is 1.76. The largest absolute Gasteiger partial charge is 0.497 e. The summed E-state index contributed by atoms with van der Waals surface area (Å²) in [7, 11) is 3.02. The Morgan fingerprint density at radius 2 is 1.63 bits per heavy atom. The Morgan fingerprint density at radius 1 is 0.967 bits per heavy atom. The number of nitrogens with one attached hydrogen (secondary N) is 2. The number of anilines is 1. The fraction of sp³-hybridized carbons (Fsp3) is 0.261. The molecule has 1 aromatic heterocycles. The molecular formula is C23H25N3O4. The topological polar surface area (TPSA) is 89.5 Å². The standard InChI is InChI=1S/C23H25N3O4/c1-14(2)21(26-22(27)16-10-18(29-3)12-19(11-16)30-4)23(28)25-17-9-15-7-5-6-8-20(15)24-13-17/h5-14,21H,1-4H3,(H,25,28)(H,26,27). The molecule has 2 aromatic carbocycles. The normalized spacial score (nSPS) is 11.8. The predicted octanol–water partition coefficient (Wildman–Crippen LogP) is 3.65. The van der Waals surface area contributed by atoms with Crippen molar-refractivity contribution in [3.63, 3.8) is 0 Å². The maximum atomic E-state index is 12.9. The first-order chi connectivity index (χ1) is 14.4. The molecule has 2 amide bonds. The molecule has 2 N–H and O–H groups in total. The van der Waals surface area contributed by atoms with Gasteiger partial charge in [-0.25, -0.2) is 0 Å². The van der Waals surface area contributed by atoms with Crippen LogP contribution in [-0.2, 0) is 4.79 Å². The van der Waals surface area contributed by atoms with Crippen LogP contribution in [0.15, 0.2) is 54.7 Å². The van der Waals surface area contributed by atoms with Crippen LogP contribution < -0.4 is 20.1 Å². The van der Waals surface area contributed by atoms with Gasteiger partial charge in [0.05, 0.1) is 31.6 Å². The van der Waals surface area contributed by atoms with Crippen LogP contribution in [0.2, 0.25) is 0 Å². The predicted molar refractivity (Wildman–Crippen MR) is 116 cm³/mol. The molecule has 3 aromatic rings. The average molecular weight is 407 g/mol. The molecule has 0 radical (unpaired) electrons. The van der Waals surface area contributed by atoms with Crippen molar-refractivity contribution in [2.45, 2.75) is 19.9 Å². The van der Waals surface area contributed by atoms with Gasteiger partial charge in [-0.3, -0.25) is 14.6 Å². The first-order valence-corrected chi connectivity index (χ1v) is 9.61. The maximum absolute atomic E-state index is 12.9. The quantitative estimate of drug-likeness (QED) is 0.624. The molecule has 3 rings (SSSR count). The van der Waals surface area contributed by atoms with Crippen LogP contribution in [0.3, 0.4) is 0 Å². The molecular weight excluding hydrogens is 382 g/mol. The molecule has 0 aliphatic rings. The number of nitrogens with zero attached hydrogens (tertiary/aromatic N) is 1. The second-order valence-electron chi connectivity index (χ2n) is 7.20. The highest BCUT2D eigenvalue weighted by Gasteiger charge is 2.25. The number of hydrogen-bond acceptors (Lipinski definition) is 5. The average Bonchev–Trinajstić information content (AvgIpc) is 2.76. The summed E-state index contributed by atoms with van der Waals surface area (Å²) in [4.78, 5) is 30.1. The van der Waals surface area contributed by atoms with Gasteiger partial charge in [-0.2, -0.15) is 0 Å². The Labute approximate surface area is 175 Å². The summed E-state index contributed by atoms with van der Waals surface area (Å²) in [5, 5.41) is 6.58. The van der Waals surface area contributed by atoms with Crippen LogP contribution in [0.1, 0.15) is 24.2 Å². The van der Waals surface area contributed by atoms with Crippen molar-refractivity contribution in [2.75, 3.05) is 19.5 Å². The number of methoxy groups -OCH3 is 2. The Kier molecular flexibility index (Phi) is 6.51. The van der Waals surface area contributed by atoms with Crippen molar-refractivity contribution < 1.29 is 19.1 Å². The van der Waals surface area contributed by atoms with Crippen molar-refractivity contribution in [2.24, 2.45) is 5.92 Å². The second-order valence-corrected chi connectivity index (χ2v) is 7.20. The van der Waals surface area contributed by atoms with Gasteiger partial charge < -0.3 is 20.1 Å². The Hall–Kier alpha value is -3.61. The third-order valence-corrected chi connectivity index (χ3v) is 4.71. The van der Waals surface area contributed by atoms with Gasteiger partial charge in [0.15, 0.2) is 0 Å². The van der Waals surface area contributed by atoms with E-state index in [1.807, 2.05) is 44.2 Å². The van der Waals surface area contributed by atoms with E-state index in [4.69, 9.17) is 9.47 Å². The molecule has 1 heterocycles. The van der Waals surface area contributed by atoms with Crippen LogP contribution in [0.5, 0.6) is 11.5 Å². The van der Waals surface area contributed by atoms with E-state index in [-0.39, 0.29) is 11.8 Å². The molecule has 7 nitrogen and oxygen atoms in total. The Balaban J connectivity index is 1.77. The van der Waals surface area contributed by atoms with Crippen molar-refractivity contribution in [1.82, 2.24) is 10.3 Å². The minimum atomic E-state index is -0.735. The Morgan fingerprint density at radius 3 is 2.27 bits per heavy atom. The lowest BCUT2D eigenvalue weighted by molar-refractivity contribution is -0.118. The number of carbonyl (C=O) groups excluding carboxylic acids is 2. The lowest BCUT2D eigenvalue weighted by atomic mass is 10.0. The monoisotopic (exact) mass is 407 g/mol. The molecule has 0 fully saturated rings. The minimum absolute atomic E-state index is 0.130. The first-order valence-electron chi connectivity index (χ1n) is 9.61. The van der Waals surface area contributed by atoms with Crippen molar-refractivity contribution in [3.8, 4) is 11.5 Å². The molecule has 1 atom stereocenters. The molecule has 0 bridgehead atoms. The van der Waals surface area contributed by atoms with Gasteiger partial charge in [-0.15, -0.1) is 0 Å². The van der Waals surface area contributed by atoms with Crippen LogP contribution in [0.25, 0.3) is 10.9 Å². The maximum Gasteiger partial charge on any atom is 0.252 e. The smallest absolute Gasteiger partial charge is 0.252 e. The van der Waals surface area contributed by atoms with Gasteiger partial charge in [-0.1, -0.05) is 32.0 Å². The number of fused-ring (bicyclic) bond motifs is 1. The summed E-state index contributed by atoms with van der Waals surface area (Å²) < 4.78 is 10.4. The molecule has 0 aliphatic carbocycles. The molecule has 30 heavy (non-hydrogen) atoms. The van der Waals surface area contributed by atoms with E-state index in [1.54, 1.807) is 24.4 Å². The fourth-order valence-corrected chi connectivity index (χ4v) is 3.06. The summed E-state index contributed by atoms with van der Waals surface area (Å²) in [5.74, 6) is 0.150. The highest BCUT2D eigenvalue weighted by atomic mass is 16.5. The lowest BCUT2D eigenvalue weighted by Gasteiger charge is -2.22. The molecule has 1 unspecified atom stereocenters. The third kappa shape index (κ3) is 4.86. The van der Waals surface area contributed by atoms with E-state index >= 15 is 0 Å². The number of amides is 2. The molecule has 0 spiro atoms. The van der Waals surface area contributed by atoms with E-state index in [9.17, 15) is 9.59 Å². The SMILES string of the molecule is COc1cc(OC)cc(C(=O)NC(C(=O)Nc2cnc3ccccc3c2)C(C)C)c1. The van der Waals surface area contributed by atoms with E-state index in [1.165, 1.54) is 14.2 Å². The number of aromatic nitrogens is 1. The van der Waals surface area contributed by atoms with Gasteiger partial charge in [0.2, 0.25) is 5.91 Å². The summed E-state index contributed by atoms with van der Waals surface area (Å²) in [6.07, 6.45) is 1.60. The first kappa shape index (κ1) is 21.1. The van der Waals surface area contributed by atoms with Gasteiger partial charge >= 0.3 is 0 Å². The summed E-state index contributed by atoms with van der Waals surface area (Å²) in [6.45, 7) is 3.74. The summed E-state index contributed by atoms with van der Waals surface area (Å²) >= 11 is 0. The zero-order valence-electron chi connectivity index (χ0n) is 17.4. The van der Waals surface area contributed by atoms with Crippen molar-refractivity contribution >= 4 is 28.4 Å². The number of pyridine rings is 1. The van der Waals surface area contributed by atoms with Crippen LogP contribution in [-0.4, -0.2) is 37.1 Å². The number of hydrogen-bond donors (Lipinski definition) is 2. The Bertz CT molecular complexity index is 1040. The van der Waals surface area contributed by atoms with Crippen molar-refractivity contribution in [3.05, 3.63) is 60.3 Å². The number of carbonyl (C=O) groups is 2. The zero-order valence-corrected chi connectivity index (χ0v) is 17.4. The highest BCUT2D eigenvalue weighted by molar-refractivity contribution is 6.02. The van der Waals surface area contributed by atoms with Gasteiger partial charge in [-0.05, 0) is 30.2 Å². The minimum Gasteiger partial charge on any atom is -0.497 e. The molecule has 0 aliphatic heterocycles. The zero-order chi connectivity index (χ0) is 21.7. The van der Waals surface area contributed by atoms with E-state index in [0.717, 1.165) is 10.9 Å². The third-order valence-electron chi connectivity index (χ3n) is 4.71. The molecule has 7 heteroatoms. The van der Waals surface area contributed by atoms with Gasteiger partial charge in [0.25, 0.3) is 5.91 Å². The molecule has 156 valence electrons. The number of ether oxygens (including phenoxy) is 2. The van der Waals surface area contributed by atoms with Gasteiger partial charge in [0.1, 0.15) is 17.5 Å². The van der Waals surface area contributed by atoms with E-state index in [2.05, 4.69) is 15.6 Å². The molecule has 0 saturated heterocycles. The van der Waals surface area contributed by atoms with Crippen molar-refractivity contribution in [1.29, 1.82) is 0 Å². The van der Waals surface area contributed by atoms with Crippen LogP contribution in [0, 0.1) is 5.92 Å². The van der Waals surface area contributed by atoms with Crippen LogP contribution >= 0.6 is 0 Å². The molecule has 0 saturated carbocycles. The summed E-state index contributed by atoms with van der Waals surface area (Å²) in [6, 6.07) is 13.6. The number of para-hydroxylation sites is 1. The second kappa shape index (κ2) is 9.26. The van der Waals surface area contributed by atoms with Gasteiger partial charge in [0, 0.05) is 17.0 Å². The van der Waals surface area contributed by atoms with Crippen LogP contribution in [0.4, 0.5) is 5.69 Å². The fourth-order valence-electron chi connectivity index (χ4n) is 3.06. The number of benzene rings is 2. The lowest BCUT2D eigenvalue weighted by Crippen LogP contribution is -2.47. The highest BCUT2D eigenvalue weighted by Crippen LogP contribution is 2.23.